The van der Waals surface area contributed by atoms with Crippen molar-refractivity contribution < 1.29 is 4.79 Å². The second-order valence-corrected chi connectivity index (χ2v) is 7.60. The maximum atomic E-state index is 13.3. The molecule has 2 aromatic rings. The van der Waals surface area contributed by atoms with Gasteiger partial charge in [-0.2, -0.15) is 0 Å². The van der Waals surface area contributed by atoms with Gasteiger partial charge in [0.25, 0.3) is 5.91 Å². The lowest BCUT2D eigenvalue weighted by atomic mass is 9.94. The minimum atomic E-state index is -0.0299. The minimum Gasteiger partial charge on any atom is -0.398 e. The summed E-state index contributed by atoms with van der Waals surface area (Å²) in [4.78, 5) is 24.1. The third kappa shape index (κ3) is 3.73. The van der Waals surface area contributed by atoms with Crippen molar-refractivity contribution in [2.75, 3.05) is 11.4 Å². The Kier molecular flexibility index (Phi) is 5.30. The summed E-state index contributed by atoms with van der Waals surface area (Å²) < 4.78 is 0. The van der Waals surface area contributed by atoms with Gasteiger partial charge in [0.2, 0.25) is 0 Å². The number of dihydropyridines is 1. The predicted octanol–water partition coefficient (Wildman–Crippen LogP) is 4.13. The van der Waals surface area contributed by atoms with Crippen LogP contribution in [0.15, 0.2) is 76.7 Å². The standard InChI is InChI=1S/C24H26N4O/c1-16(24(29)28-14-6-9-18-7-3-4-10-22(18)28)23(25)20-11-12-21(27-17(20)2)19-8-5-13-26-15-19/h3-5,7-8,10-11,13,15,21H,6,9,12,14,25H2,1-2H3/b23-16-/t21-/m0/s1. The topological polar surface area (TPSA) is 71.6 Å². The Morgan fingerprint density at radius 2 is 2.03 bits per heavy atom. The van der Waals surface area contributed by atoms with Gasteiger partial charge in [-0.25, -0.2) is 0 Å². The van der Waals surface area contributed by atoms with Gasteiger partial charge in [0, 0.05) is 47.2 Å². The first kappa shape index (κ1) is 19.1. The van der Waals surface area contributed by atoms with Crippen LogP contribution in [0.3, 0.4) is 0 Å². The predicted molar refractivity (Wildman–Crippen MR) is 117 cm³/mol. The van der Waals surface area contributed by atoms with Gasteiger partial charge in [-0.3, -0.25) is 14.8 Å². The molecule has 0 saturated heterocycles. The molecule has 4 rings (SSSR count). The van der Waals surface area contributed by atoms with E-state index in [2.05, 4.69) is 17.1 Å². The molecule has 1 amide bonds. The molecule has 2 aliphatic heterocycles. The number of pyridine rings is 1. The van der Waals surface area contributed by atoms with Gasteiger partial charge in [-0.15, -0.1) is 0 Å². The fourth-order valence-electron chi connectivity index (χ4n) is 4.09. The minimum absolute atomic E-state index is 0.0299. The largest absolute Gasteiger partial charge is 0.398 e. The summed E-state index contributed by atoms with van der Waals surface area (Å²) in [5.41, 5.74) is 12.6. The zero-order valence-corrected chi connectivity index (χ0v) is 16.9. The van der Waals surface area contributed by atoms with E-state index in [-0.39, 0.29) is 11.9 Å². The van der Waals surface area contributed by atoms with Gasteiger partial charge >= 0.3 is 0 Å². The zero-order chi connectivity index (χ0) is 20.4. The summed E-state index contributed by atoms with van der Waals surface area (Å²) in [5.74, 6) is -0.0299. The van der Waals surface area contributed by atoms with E-state index in [0.29, 0.717) is 11.3 Å². The number of carbonyl (C=O) groups excluding carboxylic acids is 1. The van der Waals surface area contributed by atoms with Crippen molar-refractivity contribution >= 4 is 17.3 Å². The number of allylic oxidation sites excluding steroid dienone is 1. The number of amides is 1. The summed E-state index contributed by atoms with van der Waals surface area (Å²) in [6.07, 6.45) is 8.42. The Hall–Kier alpha value is -3.21. The molecule has 29 heavy (non-hydrogen) atoms. The molecule has 0 bridgehead atoms. The molecular weight excluding hydrogens is 360 g/mol. The van der Waals surface area contributed by atoms with Crippen LogP contribution in [0.25, 0.3) is 0 Å². The van der Waals surface area contributed by atoms with Crippen LogP contribution in [-0.2, 0) is 11.2 Å². The molecule has 148 valence electrons. The Balaban J connectivity index is 1.59. The average molecular weight is 386 g/mol. The van der Waals surface area contributed by atoms with Gasteiger partial charge in [-0.05, 0) is 56.4 Å². The lowest BCUT2D eigenvalue weighted by molar-refractivity contribution is -0.115. The van der Waals surface area contributed by atoms with E-state index in [9.17, 15) is 4.79 Å². The smallest absolute Gasteiger partial charge is 0.256 e. The van der Waals surface area contributed by atoms with E-state index < -0.39 is 0 Å². The van der Waals surface area contributed by atoms with Gasteiger partial charge in [0.1, 0.15) is 0 Å². The Labute approximate surface area is 171 Å². The number of nitrogens with two attached hydrogens (primary N) is 1. The van der Waals surface area contributed by atoms with E-state index in [4.69, 9.17) is 10.7 Å². The number of fused-ring (bicyclic) bond motifs is 1. The molecular formula is C24H26N4O. The molecule has 0 radical (unpaired) electrons. The SMILES string of the molecule is CC1=N[C@H](c2cccnc2)CC=C1/C(N)=C(\C)C(=O)N1CCCc2ccccc21. The number of rotatable bonds is 3. The van der Waals surface area contributed by atoms with Crippen LogP contribution in [0.4, 0.5) is 5.69 Å². The number of para-hydroxylation sites is 1. The van der Waals surface area contributed by atoms with Crippen molar-refractivity contribution in [3.8, 4) is 0 Å². The molecule has 1 atom stereocenters. The van der Waals surface area contributed by atoms with E-state index >= 15 is 0 Å². The van der Waals surface area contributed by atoms with Gasteiger partial charge in [0.15, 0.2) is 0 Å². The van der Waals surface area contributed by atoms with Crippen LogP contribution in [-0.4, -0.2) is 23.1 Å². The van der Waals surface area contributed by atoms with Crippen LogP contribution in [0.5, 0.6) is 0 Å². The second kappa shape index (κ2) is 8.03. The number of hydrogen-bond donors (Lipinski definition) is 1. The second-order valence-electron chi connectivity index (χ2n) is 7.60. The molecule has 3 heterocycles. The number of carbonyl (C=O) groups is 1. The third-order valence-corrected chi connectivity index (χ3v) is 5.72. The third-order valence-electron chi connectivity index (χ3n) is 5.72. The molecule has 0 spiro atoms. The van der Waals surface area contributed by atoms with E-state index in [1.54, 1.807) is 6.20 Å². The molecule has 2 aliphatic rings. The fourth-order valence-corrected chi connectivity index (χ4v) is 4.09. The van der Waals surface area contributed by atoms with E-state index in [1.165, 1.54) is 5.56 Å². The summed E-state index contributed by atoms with van der Waals surface area (Å²) in [6, 6.07) is 12.1. The molecule has 2 N–H and O–H groups in total. The summed E-state index contributed by atoms with van der Waals surface area (Å²) in [5, 5.41) is 0. The Morgan fingerprint density at radius 1 is 1.21 bits per heavy atom. The van der Waals surface area contributed by atoms with Gasteiger partial charge in [-0.1, -0.05) is 30.3 Å². The first-order valence-electron chi connectivity index (χ1n) is 10.1. The Bertz CT molecular complexity index is 1020. The lowest BCUT2D eigenvalue weighted by Gasteiger charge is -2.30. The van der Waals surface area contributed by atoms with Crippen molar-refractivity contribution in [2.24, 2.45) is 10.7 Å². The number of aliphatic imine (C=N–C) groups is 1. The maximum Gasteiger partial charge on any atom is 0.256 e. The van der Waals surface area contributed by atoms with Crippen LogP contribution in [0, 0.1) is 0 Å². The molecule has 1 aromatic heterocycles. The van der Waals surface area contributed by atoms with Crippen LogP contribution < -0.4 is 10.6 Å². The highest BCUT2D eigenvalue weighted by Crippen LogP contribution is 2.31. The molecule has 5 nitrogen and oxygen atoms in total. The zero-order valence-electron chi connectivity index (χ0n) is 16.9. The maximum absolute atomic E-state index is 13.3. The Morgan fingerprint density at radius 3 is 2.79 bits per heavy atom. The van der Waals surface area contributed by atoms with Crippen molar-refractivity contribution in [1.82, 2.24) is 4.98 Å². The quantitative estimate of drug-likeness (QED) is 0.807. The molecule has 0 fully saturated rings. The van der Waals surface area contributed by atoms with Gasteiger partial charge in [0.05, 0.1) is 6.04 Å². The van der Waals surface area contributed by atoms with Crippen molar-refractivity contribution in [2.45, 2.75) is 39.2 Å². The number of nitrogens with zero attached hydrogens (tertiary/aromatic N) is 3. The van der Waals surface area contributed by atoms with E-state index in [1.807, 2.05) is 55.3 Å². The monoisotopic (exact) mass is 386 g/mol. The molecule has 0 aliphatic carbocycles. The molecule has 5 heteroatoms. The molecule has 0 unspecified atom stereocenters. The summed E-state index contributed by atoms with van der Waals surface area (Å²) in [7, 11) is 0. The van der Waals surface area contributed by atoms with Crippen LogP contribution in [0.2, 0.25) is 0 Å². The van der Waals surface area contributed by atoms with E-state index in [0.717, 1.165) is 48.3 Å². The van der Waals surface area contributed by atoms with Crippen molar-refractivity contribution in [3.63, 3.8) is 0 Å². The highest BCUT2D eigenvalue weighted by Gasteiger charge is 2.26. The number of anilines is 1. The average Bonchev–Trinajstić information content (AvgIpc) is 2.77. The highest BCUT2D eigenvalue weighted by atomic mass is 16.2. The lowest BCUT2D eigenvalue weighted by Crippen LogP contribution is -2.37. The first-order chi connectivity index (χ1) is 14.1. The molecule has 0 saturated carbocycles. The van der Waals surface area contributed by atoms with Crippen LogP contribution in [0.1, 0.15) is 43.9 Å². The van der Waals surface area contributed by atoms with Crippen molar-refractivity contribution in [3.05, 3.63) is 82.8 Å². The van der Waals surface area contributed by atoms with Gasteiger partial charge < -0.3 is 10.6 Å². The number of benzene rings is 1. The molecule has 1 aromatic carbocycles. The number of aryl methyl sites for hydroxylation is 1. The first-order valence-corrected chi connectivity index (χ1v) is 10.1. The normalized spacial score (nSPS) is 19.7. The fraction of sp³-hybridized carbons (Fsp3) is 0.292. The van der Waals surface area contributed by atoms with Crippen LogP contribution >= 0.6 is 0 Å². The number of hydrogen-bond acceptors (Lipinski definition) is 4. The highest BCUT2D eigenvalue weighted by molar-refractivity contribution is 6.10. The summed E-state index contributed by atoms with van der Waals surface area (Å²) in [6.45, 7) is 4.49. The summed E-state index contributed by atoms with van der Waals surface area (Å²) >= 11 is 0. The van der Waals surface area contributed by atoms with Crippen molar-refractivity contribution in [1.29, 1.82) is 0 Å². The number of aromatic nitrogens is 1.